The first-order valence-corrected chi connectivity index (χ1v) is 10.3. The van der Waals surface area contributed by atoms with E-state index in [1.165, 1.54) is 18.2 Å². The summed E-state index contributed by atoms with van der Waals surface area (Å²) in [5.74, 6) is -0.178. The summed E-state index contributed by atoms with van der Waals surface area (Å²) in [5, 5.41) is 3.19. The fraction of sp³-hybridized carbons (Fsp3) is 0.435. The monoisotopic (exact) mass is 408 g/mol. The van der Waals surface area contributed by atoms with Gasteiger partial charge in [-0.3, -0.25) is 4.79 Å². The van der Waals surface area contributed by atoms with Crippen molar-refractivity contribution in [3.8, 4) is 0 Å². The molecule has 158 valence electrons. The minimum absolute atomic E-state index is 0.00101. The van der Waals surface area contributed by atoms with Crippen molar-refractivity contribution in [1.29, 1.82) is 0 Å². The predicted octanol–water partition coefficient (Wildman–Crippen LogP) is 3.59. The molecule has 2 heterocycles. The molecule has 7 nitrogen and oxygen atoms in total. The number of rotatable bonds is 6. The Hall–Kier alpha value is -3.09. The maximum Gasteiger partial charge on any atom is 0.339 e. The smallest absolute Gasteiger partial charge is 0.339 e. The maximum absolute atomic E-state index is 13.1. The van der Waals surface area contributed by atoms with Gasteiger partial charge in [0.05, 0.1) is 30.0 Å². The van der Waals surface area contributed by atoms with Crippen molar-refractivity contribution in [2.45, 2.75) is 53.1 Å². The number of methoxy groups -OCH3 is 1. The summed E-state index contributed by atoms with van der Waals surface area (Å²) in [7, 11) is 1.34. The van der Waals surface area contributed by atoms with E-state index in [0.717, 1.165) is 23.9 Å². The highest BCUT2D eigenvalue weighted by molar-refractivity contribution is 6.00. The molecule has 0 aliphatic heterocycles. The molecule has 1 atom stereocenters. The SMILES string of the molecule is COC(=O)c1c(C)[nH]c(C(=O)N[C@@H](Cn2cnc3cc(C)c(C)cc32)C2CC2)c1C. The third kappa shape index (κ3) is 3.60. The maximum atomic E-state index is 13.1. The molecule has 1 aliphatic carbocycles. The quantitative estimate of drug-likeness (QED) is 0.610. The molecule has 30 heavy (non-hydrogen) atoms. The fourth-order valence-corrected chi connectivity index (χ4v) is 4.11. The zero-order valence-corrected chi connectivity index (χ0v) is 18.1. The first kappa shape index (κ1) is 20.2. The first-order valence-electron chi connectivity index (χ1n) is 10.3. The van der Waals surface area contributed by atoms with Gasteiger partial charge in [0.2, 0.25) is 0 Å². The lowest BCUT2D eigenvalue weighted by molar-refractivity contribution is 0.0599. The van der Waals surface area contributed by atoms with Crippen molar-refractivity contribution < 1.29 is 14.3 Å². The Morgan fingerprint density at radius 2 is 1.93 bits per heavy atom. The normalized spacial score (nSPS) is 14.7. The molecule has 1 aromatic carbocycles. The van der Waals surface area contributed by atoms with Gasteiger partial charge in [0.25, 0.3) is 5.91 Å². The number of esters is 1. The lowest BCUT2D eigenvalue weighted by Crippen LogP contribution is -2.40. The van der Waals surface area contributed by atoms with Crippen LogP contribution in [0.3, 0.4) is 0 Å². The average molecular weight is 409 g/mol. The number of carbonyl (C=O) groups excluding carboxylic acids is 2. The highest BCUT2D eigenvalue weighted by atomic mass is 16.5. The Labute approximate surface area is 175 Å². The fourth-order valence-electron chi connectivity index (χ4n) is 4.11. The molecule has 0 bridgehead atoms. The number of benzene rings is 1. The summed E-state index contributed by atoms with van der Waals surface area (Å²) < 4.78 is 6.97. The Morgan fingerprint density at radius 3 is 2.60 bits per heavy atom. The number of nitrogens with zero attached hydrogens (tertiary/aromatic N) is 2. The van der Waals surface area contributed by atoms with Crippen LogP contribution in [0.15, 0.2) is 18.5 Å². The van der Waals surface area contributed by atoms with Gasteiger partial charge in [0.15, 0.2) is 0 Å². The van der Waals surface area contributed by atoms with Gasteiger partial charge < -0.3 is 19.6 Å². The standard InChI is InChI=1S/C23H28N4O3/c1-12-8-17-19(9-13(12)2)27(11-24-17)10-18(16-6-7-16)26-22(28)21-14(3)20(15(4)25-21)23(29)30-5/h8-9,11,16,18,25H,6-7,10H2,1-5H3,(H,26,28)/t18-/m0/s1. The van der Waals surface area contributed by atoms with E-state index in [2.05, 4.69) is 45.8 Å². The van der Waals surface area contributed by atoms with Crippen LogP contribution >= 0.6 is 0 Å². The van der Waals surface area contributed by atoms with Crippen LogP contribution in [0.25, 0.3) is 11.0 Å². The number of hydrogen-bond acceptors (Lipinski definition) is 4. The van der Waals surface area contributed by atoms with E-state index in [0.29, 0.717) is 35.0 Å². The van der Waals surface area contributed by atoms with Crippen molar-refractivity contribution >= 4 is 22.9 Å². The summed E-state index contributed by atoms with van der Waals surface area (Å²) in [4.78, 5) is 32.7. The van der Waals surface area contributed by atoms with Crippen LogP contribution in [-0.2, 0) is 11.3 Å². The number of nitrogens with one attached hydrogen (secondary N) is 2. The number of aromatic nitrogens is 3. The number of aromatic amines is 1. The number of H-pyrrole nitrogens is 1. The molecule has 1 saturated carbocycles. The number of fused-ring (bicyclic) bond motifs is 1. The Bertz CT molecular complexity index is 1140. The van der Waals surface area contributed by atoms with E-state index < -0.39 is 5.97 Å². The molecule has 1 fully saturated rings. The molecule has 4 rings (SSSR count). The van der Waals surface area contributed by atoms with E-state index in [1.807, 2.05) is 6.33 Å². The molecular weight excluding hydrogens is 380 g/mol. The average Bonchev–Trinajstić information content (AvgIpc) is 3.43. The molecule has 7 heteroatoms. The summed E-state index contributed by atoms with van der Waals surface area (Å²) in [6.07, 6.45) is 4.06. The van der Waals surface area contributed by atoms with Crippen LogP contribution in [-0.4, -0.2) is 39.6 Å². The Morgan fingerprint density at radius 1 is 1.23 bits per heavy atom. The largest absolute Gasteiger partial charge is 0.465 e. The van der Waals surface area contributed by atoms with Crippen molar-refractivity contribution in [2.75, 3.05) is 7.11 Å². The van der Waals surface area contributed by atoms with Gasteiger partial charge in [0.1, 0.15) is 5.69 Å². The Kier molecular flexibility index (Phi) is 5.13. The number of carbonyl (C=O) groups is 2. The van der Waals surface area contributed by atoms with Crippen LogP contribution in [0, 0.1) is 33.6 Å². The minimum atomic E-state index is -0.436. The molecule has 1 amide bonds. The summed E-state index contributed by atoms with van der Waals surface area (Å²) in [6, 6.07) is 4.26. The van der Waals surface area contributed by atoms with Crippen LogP contribution in [0.5, 0.6) is 0 Å². The number of ether oxygens (including phenoxy) is 1. The van der Waals surface area contributed by atoms with E-state index in [1.54, 1.807) is 13.8 Å². The molecule has 2 aromatic heterocycles. The second kappa shape index (κ2) is 7.63. The zero-order chi connectivity index (χ0) is 21.6. The number of hydrogen-bond donors (Lipinski definition) is 2. The molecule has 1 aliphatic rings. The van der Waals surface area contributed by atoms with E-state index in [-0.39, 0.29) is 11.9 Å². The summed E-state index contributed by atoms with van der Waals surface area (Å²) >= 11 is 0. The van der Waals surface area contributed by atoms with Gasteiger partial charge in [-0.25, -0.2) is 9.78 Å². The minimum Gasteiger partial charge on any atom is -0.465 e. The van der Waals surface area contributed by atoms with Crippen molar-refractivity contribution in [2.24, 2.45) is 5.92 Å². The van der Waals surface area contributed by atoms with Crippen LogP contribution < -0.4 is 5.32 Å². The van der Waals surface area contributed by atoms with Crippen molar-refractivity contribution in [1.82, 2.24) is 19.9 Å². The summed E-state index contributed by atoms with van der Waals surface area (Å²) in [5.41, 5.74) is 6.60. The van der Waals surface area contributed by atoms with Gasteiger partial charge in [0, 0.05) is 18.3 Å². The van der Waals surface area contributed by atoms with Gasteiger partial charge in [-0.15, -0.1) is 0 Å². The lowest BCUT2D eigenvalue weighted by Gasteiger charge is -2.19. The Balaban J connectivity index is 1.58. The van der Waals surface area contributed by atoms with E-state index >= 15 is 0 Å². The lowest BCUT2D eigenvalue weighted by atomic mass is 10.1. The predicted molar refractivity (Wildman–Crippen MR) is 115 cm³/mol. The third-order valence-corrected chi connectivity index (χ3v) is 6.19. The topological polar surface area (TPSA) is 89.0 Å². The van der Waals surface area contributed by atoms with E-state index in [4.69, 9.17) is 4.74 Å². The van der Waals surface area contributed by atoms with Gasteiger partial charge in [-0.1, -0.05) is 0 Å². The zero-order valence-electron chi connectivity index (χ0n) is 18.1. The van der Waals surface area contributed by atoms with Crippen LogP contribution in [0.1, 0.15) is 56.1 Å². The number of imidazole rings is 1. The molecule has 2 N–H and O–H groups in total. The third-order valence-electron chi connectivity index (χ3n) is 6.19. The van der Waals surface area contributed by atoms with E-state index in [9.17, 15) is 9.59 Å². The highest BCUT2D eigenvalue weighted by Crippen LogP contribution is 2.34. The van der Waals surface area contributed by atoms with Crippen LogP contribution in [0.2, 0.25) is 0 Å². The number of amides is 1. The van der Waals surface area contributed by atoms with Gasteiger partial charge in [-0.2, -0.15) is 0 Å². The molecule has 3 aromatic rings. The molecule has 0 unspecified atom stereocenters. The molecular formula is C23H28N4O3. The van der Waals surface area contributed by atoms with Gasteiger partial charge >= 0.3 is 5.97 Å². The second-order valence-corrected chi connectivity index (χ2v) is 8.36. The molecule has 0 saturated heterocycles. The van der Waals surface area contributed by atoms with Crippen molar-refractivity contribution in [3.63, 3.8) is 0 Å². The van der Waals surface area contributed by atoms with Gasteiger partial charge in [-0.05, 0) is 75.3 Å². The second-order valence-electron chi connectivity index (χ2n) is 8.36. The van der Waals surface area contributed by atoms with Crippen LogP contribution in [0.4, 0.5) is 0 Å². The first-order chi connectivity index (χ1) is 14.3. The molecule has 0 radical (unpaired) electrons. The number of aryl methyl sites for hydroxylation is 3. The van der Waals surface area contributed by atoms with Crippen molar-refractivity contribution in [3.05, 3.63) is 52.1 Å². The highest BCUT2D eigenvalue weighted by Gasteiger charge is 2.34. The molecule has 0 spiro atoms. The summed E-state index contributed by atoms with van der Waals surface area (Å²) in [6.45, 7) is 8.39.